The number of carbonyl (C=O) groups is 1. The minimum atomic E-state index is -0.527. The predicted molar refractivity (Wildman–Crippen MR) is 102 cm³/mol. The number of H-pyrrole nitrogens is 1. The average Bonchev–Trinajstić information content (AvgIpc) is 3.26. The number of pyridine rings is 1. The molecule has 1 aromatic carbocycles. The predicted octanol–water partition coefficient (Wildman–Crippen LogP) is 1.22. The summed E-state index contributed by atoms with van der Waals surface area (Å²) >= 11 is 0. The highest BCUT2D eigenvalue weighted by Crippen LogP contribution is 2.28. The zero-order valence-electron chi connectivity index (χ0n) is 15.2. The summed E-state index contributed by atoms with van der Waals surface area (Å²) in [5.74, 6) is -0.168. The fraction of sp³-hybridized carbons (Fsp3) is 0.300. The Hall–Kier alpha value is -3.28. The molecule has 3 N–H and O–H groups in total. The molecular formula is C20H20N6O2. The Balaban J connectivity index is 1.70. The number of nitrogens with zero attached hydrogens (tertiary/aromatic N) is 3. The molecule has 0 spiro atoms. The van der Waals surface area contributed by atoms with Crippen LogP contribution in [0.1, 0.15) is 22.9 Å². The second-order valence-corrected chi connectivity index (χ2v) is 6.62. The molecule has 28 heavy (non-hydrogen) atoms. The number of hydrogen-bond acceptors (Lipinski definition) is 6. The SMILES string of the molecule is N#Cc1ccc([C@@H](Cc2ccn[nH]2)NC(=O)[C@H]2CNCCO2)c2cccnc12. The molecule has 0 aliphatic carbocycles. The van der Waals surface area contributed by atoms with Gasteiger partial charge < -0.3 is 15.4 Å². The van der Waals surface area contributed by atoms with Crippen LogP contribution in [-0.2, 0) is 16.0 Å². The van der Waals surface area contributed by atoms with Crippen molar-refractivity contribution in [3.63, 3.8) is 0 Å². The number of morpholine rings is 1. The molecular weight excluding hydrogens is 356 g/mol. The molecule has 142 valence electrons. The fourth-order valence-corrected chi connectivity index (χ4v) is 3.44. The third kappa shape index (κ3) is 3.71. The van der Waals surface area contributed by atoms with E-state index in [9.17, 15) is 10.1 Å². The van der Waals surface area contributed by atoms with Crippen molar-refractivity contribution in [2.24, 2.45) is 0 Å². The van der Waals surface area contributed by atoms with Crippen LogP contribution in [0, 0.1) is 11.3 Å². The zero-order chi connectivity index (χ0) is 19.3. The Morgan fingerprint density at radius 3 is 3.04 bits per heavy atom. The third-order valence-corrected chi connectivity index (χ3v) is 4.82. The van der Waals surface area contributed by atoms with E-state index in [1.165, 1.54) is 0 Å². The Bertz CT molecular complexity index is 1010. The maximum atomic E-state index is 12.8. The molecule has 2 aromatic heterocycles. The summed E-state index contributed by atoms with van der Waals surface area (Å²) in [5, 5.41) is 23.5. The molecule has 3 aromatic rings. The zero-order valence-corrected chi connectivity index (χ0v) is 15.2. The highest BCUT2D eigenvalue weighted by molar-refractivity contribution is 5.88. The number of nitriles is 1. The largest absolute Gasteiger partial charge is 0.366 e. The summed E-state index contributed by atoms with van der Waals surface area (Å²) < 4.78 is 5.59. The van der Waals surface area contributed by atoms with Gasteiger partial charge in [-0.15, -0.1) is 0 Å². The molecule has 8 nitrogen and oxygen atoms in total. The standard InChI is InChI=1S/C20H20N6O2/c21-11-13-3-4-15(16-2-1-6-23-19(13)16)17(10-14-5-7-24-26-14)25-20(27)18-12-22-8-9-28-18/h1-7,17-18,22H,8-10,12H2,(H,24,26)(H,25,27)/t17-,18-/m1/s1. The van der Waals surface area contributed by atoms with Gasteiger partial charge in [-0.3, -0.25) is 14.9 Å². The number of rotatable bonds is 5. The van der Waals surface area contributed by atoms with Crippen molar-refractivity contribution >= 4 is 16.8 Å². The van der Waals surface area contributed by atoms with Crippen molar-refractivity contribution in [3.8, 4) is 6.07 Å². The smallest absolute Gasteiger partial charge is 0.250 e. The van der Waals surface area contributed by atoms with E-state index in [4.69, 9.17) is 4.74 Å². The van der Waals surface area contributed by atoms with Gasteiger partial charge in [0.05, 0.1) is 23.7 Å². The Morgan fingerprint density at radius 1 is 1.36 bits per heavy atom. The number of hydrogen-bond donors (Lipinski definition) is 3. The number of aromatic nitrogens is 3. The quantitative estimate of drug-likeness (QED) is 0.617. The molecule has 0 bridgehead atoms. The van der Waals surface area contributed by atoms with Crippen molar-refractivity contribution in [2.75, 3.05) is 19.7 Å². The van der Waals surface area contributed by atoms with Gasteiger partial charge in [0.25, 0.3) is 5.91 Å². The van der Waals surface area contributed by atoms with Gasteiger partial charge in [-0.05, 0) is 23.8 Å². The number of fused-ring (bicyclic) bond motifs is 1. The average molecular weight is 376 g/mol. The summed E-state index contributed by atoms with van der Waals surface area (Å²) in [7, 11) is 0. The summed E-state index contributed by atoms with van der Waals surface area (Å²) in [6.07, 6.45) is 3.35. The molecule has 1 saturated heterocycles. The lowest BCUT2D eigenvalue weighted by Crippen LogP contribution is -2.48. The van der Waals surface area contributed by atoms with E-state index >= 15 is 0 Å². The summed E-state index contributed by atoms with van der Waals surface area (Å²) in [5.41, 5.74) is 2.93. The first kappa shape index (κ1) is 18.1. The van der Waals surface area contributed by atoms with E-state index in [-0.39, 0.29) is 11.9 Å². The third-order valence-electron chi connectivity index (χ3n) is 4.82. The van der Waals surface area contributed by atoms with Crippen molar-refractivity contribution in [2.45, 2.75) is 18.6 Å². The molecule has 8 heteroatoms. The lowest BCUT2D eigenvalue weighted by molar-refractivity contribution is -0.135. The summed E-state index contributed by atoms with van der Waals surface area (Å²) in [6, 6.07) is 11.1. The van der Waals surface area contributed by atoms with Gasteiger partial charge in [-0.1, -0.05) is 12.1 Å². The number of benzene rings is 1. The summed E-state index contributed by atoms with van der Waals surface area (Å²) in [6.45, 7) is 1.73. The molecule has 1 aliphatic heterocycles. The number of aromatic amines is 1. The van der Waals surface area contributed by atoms with E-state index in [1.807, 2.05) is 24.3 Å². The molecule has 2 atom stereocenters. The Morgan fingerprint density at radius 2 is 2.29 bits per heavy atom. The van der Waals surface area contributed by atoms with Gasteiger partial charge in [-0.25, -0.2) is 0 Å². The molecule has 0 radical (unpaired) electrons. The highest BCUT2D eigenvalue weighted by Gasteiger charge is 2.26. The van der Waals surface area contributed by atoms with Crippen molar-refractivity contribution in [3.05, 3.63) is 59.5 Å². The Kier molecular flexibility index (Phi) is 5.28. The van der Waals surface area contributed by atoms with Crippen molar-refractivity contribution in [1.29, 1.82) is 5.26 Å². The number of amides is 1. The van der Waals surface area contributed by atoms with Crippen LogP contribution in [0.2, 0.25) is 0 Å². The highest BCUT2D eigenvalue weighted by atomic mass is 16.5. The first-order valence-corrected chi connectivity index (χ1v) is 9.15. The maximum absolute atomic E-state index is 12.8. The number of carbonyl (C=O) groups excluding carboxylic acids is 1. The Labute approximate surface area is 161 Å². The van der Waals surface area contributed by atoms with Gasteiger partial charge in [-0.2, -0.15) is 10.4 Å². The number of nitrogens with one attached hydrogen (secondary N) is 3. The molecule has 1 aliphatic rings. The lowest BCUT2D eigenvalue weighted by atomic mass is 9.95. The van der Waals surface area contributed by atoms with Gasteiger partial charge in [0, 0.05) is 43.0 Å². The van der Waals surface area contributed by atoms with E-state index in [0.29, 0.717) is 30.7 Å². The van der Waals surface area contributed by atoms with E-state index in [0.717, 1.165) is 23.2 Å². The van der Waals surface area contributed by atoms with Crippen LogP contribution in [0.3, 0.4) is 0 Å². The van der Waals surface area contributed by atoms with Crippen LogP contribution in [-0.4, -0.2) is 46.9 Å². The van der Waals surface area contributed by atoms with E-state index < -0.39 is 6.10 Å². The first-order chi connectivity index (χ1) is 13.8. The van der Waals surface area contributed by atoms with Crippen LogP contribution >= 0.6 is 0 Å². The molecule has 3 heterocycles. The second kappa shape index (κ2) is 8.17. The van der Waals surface area contributed by atoms with Crippen LogP contribution in [0.4, 0.5) is 0 Å². The van der Waals surface area contributed by atoms with Crippen LogP contribution in [0.5, 0.6) is 0 Å². The molecule has 4 rings (SSSR count). The minimum absolute atomic E-state index is 0.168. The monoisotopic (exact) mass is 376 g/mol. The summed E-state index contributed by atoms with van der Waals surface area (Å²) in [4.78, 5) is 17.2. The van der Waals surface area contributed by atoms with E-state index in [2.05, 4.69) is 31.9 Å². The van der Waals surface area contributed by atoms with Crippen molar-refractivity contribution < 1.29 is 9.53 Å². The van der Waals surface area contributed by atoms with Gasteiger partial charge in [0.15, 0.2) is 0 Å². The van der Waals surface area contributed by atoms with E-state index in [1.54, 1.807) is 18.5 Å². The van der Waals surface area contributed by atoms with Gasteiger partial charge >= 0.3 is 0 Å². The fourth-order valence-electron chi connectivity index (χ4n) is 3.44. The van der Waals surface area contributed by atoms with Crippen LogP contribution < -0.4 is 10.6 Å². The first-order valence-electron chi connectivity index (χ1n) is 9.15. The van der Waals surface area contributed by atoms with Crippen LogP contribution in [0.15, 0.2) is 42.7 Å². The van der Waals surface area contributed by atoms with Crippen LogP contribution in [0.25, 0.3) is 10.9 Å². The van der Waals surface area contributed by atoms with Crippen molar-refractivity contribution in [1.82, 2.24) is 25.8 Å². The van der Waals surface area contributed by atoms with Gasteiger partial charge in [0.2, 0.25) is 0 Å². The lowest BCUT2D eigenvalue weighted by Gasteiger charge is -2.26. The normalized spacial score (nSPS) is 17.8. The molecule has 1 amide bonds. The molecule has 0 saturated carbocycles. The van der Waals surface area contributed by atoms with Gasteiger partial charge in [0.1, 0.15) is 12.2 Å². The maximum Gasteiger partial charge on any atom is 0.250 e. The topological polar surface area (TPSA) is 116 Å². The molecule has 0 unspecified atom stereocenters. The number of ether oxygens (including phenoxy) is 1. The minimum Gasteiger partial charge on any atom is -0.366 e. The second-order valence-electron chi connectivity index (χ2n) is 6.62. The molecule has 1 fully saturated rings.